The molecule has 5 heteroatoms. The third-order valence-electron chi connectivity index (χ3n) is 1.60. The van der Waals surface area contributed by atoms with Crippen LogP contribution in [-0.4, -0.2) is 6.36 Å². The van der Waals surface area contributed by atoms with Gasteiger partial charge in [0.2, 0.25) is 0 Å². The topological polar surface area (TPSA) is 22.4 Å². The molecule has 1 aromatic carbocycles. The fraction of sp³-hybridized carbons (Fsp3) is 0.111. The van der Waals surface area contributed by atoms with Gasteiger partial charge in [-0.05, 0) is 6.07 Å². The second kappa shape index (κ2) is 2.94. The number of para-hydroxylation sites is 1. The van der Waals surface area contributed by atoms with Gasteiger partial charge in [0.05, 0.1) is 6.26 Å². The van der Waals surface area contributed by atoms with E-state index in [2.05, 4.69) is 10.8 Å². The molecule has 2 nitrogen and oxygen atoms in total. The summed E-state index contributed by atoms with van der Waals surface area (Å²) < 4.78 is 44.3. The van der Waals surface area contributed by atoms with Crippen LogP contribution in [0, 0.1) is 6.07 Å². The molecule has 0 atom stereocenters. The van der Waals surface area contributed by atoms with E-state index >= 15 is 0 Å². The lowest BCUT2D eigenvalue weighted by atomic mass is 10.2. The first-order valence-corrected chi connectivity index (χ1v) is 3.70. The van der Waals surface area contributed by atoms with E-state index < -0.39 is 6.36 Å². The zero-order valence-corrected chi connectivity index (χ0v) is 6.76. The summed E-state index contributed by atoms with van der Waals surface area (Å²) in [5, 5.41) is 0.451. The quantitative estimate of drug-likeness (QED) is 0.707. The fourth-order valence-electron chi connectivity index (χ4n) is 1.11. The van der Waals surface area contributed by atoms with E-state index in [9.17, 15) is 13.2 Å². The molecule has 0 saturated heterocycles. The van der Waals surface area contributed by atoms with Gasteiger partial charge in [0.1, 0.15) is 0 Å². The maximum Gasteiger partial charge on any atom is 0.573 e. The van der Waals surface area contributed by atoms with E-state index in [0.29, 0.717) is 5.39 Å². The van der Waals surface area contributed by atoms with Gasteiger partial charge in [0.15, 0.2) is 11.3 Å². The third-order valence-corrected chi connectivity index (χ3v) is 1.60. The summed E-state index contributed by atoms with van der Waals surface area (Å²) in [6.45, 7) is 0. The number of furan rings is 1. The predicted octanol–water partition coefficient (Wildman–Crippen LogP) is 3.13. The molecule has 1 radical (unpaired) electrons. The summed E-state index contributed by atoms with van der Waals surface area (Å²) >= 11 is 0. The van der Waals surface area contributed by atoms with Crippen molar-refractivity contribution in [3.63, 3.8) is 0 Å². The Morgan fingerprint density at radius 1 is 1.29 bits per heavy atom. The van der Waals surface area contributed by atoms with Gasteiger partial charge in [-0.3, -0.25) is 0 Å². The highest BCUT2D eigenvalue weighted by atomic mass is 19.4. The Labute approximate surface area is 76.9 Å². The molecule has 0 N–H and O–H groups in total. The molecule has 2 aromatic rings. The zero-order chi connectivity index (χ0) is 10.2. The number of hydrogen-bond donors (Lipinski definition) is 0. The molecule has 0 aliphatic heterocycles. The second-order valence-electron chi connectivity index (χ2n) is 2.56. The van der Waals surface area contributed by atoms with Crippen molar-refractivity contribution in [3.05, 3.63) is 30.5 Å². The van der Waals surface area contributed by atoms with Gasteiger partial charge in [0, 0.05) is 11.5 Å². The van der Waals surface area contributed by atoms with Crippen molar-refractivity contribution in [2.75, 3.05) is 0 Å². The Morgan fingerprint density at radius 2 is 2.07 bits per heavy atom. The zero-order valence-electron chi connectivity index (χ0n) is 6.76. The summed E-state index contributed by atoms with van der Waals surface area (Å²) in [4.78, 5) is 0. The smallest absolute Gasteiger partial charge is 0.460 e. The number of benzene rings is 1. The molecule has 0 saturated carbocycles. The van der Waals surface area contributed by atoms with Gasteiger partial charge in [-0.2, -0.15) is 0 Å². The van der Waals surface area contributed by atoms with Crippen LogP contribution < -0.4 is 4.74 Å². The van der Waals surface area contributed by atoms with Crippen molar-refractivity contribution >= 4 is 11.0 Å². The van der Waals surface area contributed by atoms with Crippen LogP contribution in [-0.2, 0) is 0 Å². The molecule has 0 unspecified atom stereocenters. The maximum atomic E-state index is 11.9. The Hall–Kier alpha value is -1.65. The largest absolute Gasteiger partial charge is 0.573 e. The number of rotatable bonds is 1. The van der Waals surface area contributed by atoms with Crippen LogP contribution in [0.2, 0.25) is 0 Å². The molecule has 0 amide bonds. The molecule has 14 heavy (non-hydrogen) atoms. The van der Waals surface area contributed by atoms with Crippen LogP contribution in [0.25, 0.3) is 11.0 Å². The van der Waals surface area contributed by atoms with E-state index in [1.807, 2.05) is 0 Å². The predicted molar refractivity (Wildman–Crippen MR) is 41.7 cm³/mol. The number of fused-ring (bicyclic) bond motifs is 1. The van der Waals surface area contributed by atoms with Crippen molar-refractivity contribution in [2.45, 2.75) is 6.36 Å². The molecule has 0 spiro atoms. The number of halogens is 3. The van der Waals surface area contributed by atoms with Crippen molar-refractivity contribution in [1.29, 1.82) is 0 Å². The first kappa shape index (κ1) is 8.93. The van der Waals surface area contributed by atoms with Crippen LogP contribution in [0.1, 0.15) is 0 Å². The third kappa shape index (κ3) is 1.66. The van der Waals surface area contributed by atoms with Gasteiger partial charge < -0.3 is 9.15 Å². The highest BCUT2D eigenvalue weighted by Crippen LogP contribution is 2.30. The standard InChI is InChI=1S/C9H4F3O2/c10-9(11,12)14-7-3-1-2-6-4-5-13-8(6)7/h1-3,5H. The molecule has 2 rings (SSSR count). The van der Waals surface area contributed by atoms with E-state index in [1.54, 1.807) is 6.07 Å². The first-order valence-electron chi connectivity index (χ1n) is 3.70. The molecule has 0 bridgehead atoms. The van der Waals surface area contributed by atoms with E-state index in [0.717, 1.165) is 0 Å². The summed E-state index contributed by atoms with van der Waals surface area (Å²) in [6, 6.07) is 6.84. The molecule has 1 heterocycles. The van der Waals surface area contributed by atoms with E-state index in [1.165, 1.54) is 18.4 Å². The number of ether oxygens (including phenoxy) is 1. The first-order chi connectivity index (χ1) is 6.56. The SMILES string of the molecule is FC(F)(F)Oc1cccc2[c]coc12. The average molecular weight is 201 g/mol. The highest BCUT2D eigenvalue weighted by molar-refractivity contribution is 5.82. The minimum atomic E-state index is -4.71. The van der Waals surface area contributed by atoms with E-state index in [-0.39, 0.29) is 11.3 Å². The van der Waals surface area contributed by atoms with Crippen molar-refractivity contribution in [3.8, 4) is 5.75 Å². The lowest BCUT2D eigenvalue weighted by molar-refractivity contribution is -0.274. The van der Waals surface area contributed by atoms with Crippen molar-refractivity contribution in [2.24, 2.45) is 0 Å². The fourth-order valence-corrected chi connectivity index (χ4v) is 1.11. The molecular weight excluding hydrogens is 197 g/mol. The van der Waals surface area contributed by atoms with Crippen LogP contribution in [0.5, 0.6) is 5.75 Å². The molecule has 0 aliphatic rings. The molecule has 0 fully saturated rings. The molecule has 1 aromatic heterocycles. The van der Waals surface area contributed by atoms with Crippen LogP contribution in [0.3, 0.4) is 0 Å². The Balaban J connectivity index is 2.46. The monoisotopic (exact) mass is 201 g/mol. The number of hydrogen-bond acceptors (Lipinski definition) is 2. The average Bonchev–Trinajstić information content (AvgIpc) is 2.49. The summed E-state index contributed by atoms with van der Waals surface area (Å²) in [5.74, 6) is -0.351. The lowest BCUT2D eigenvalue weighted by Crippen LogP contribution is -2.17. The van der Waals surface area contributed by atoms with Crippen molar-refractivity contribution < 1.29 is 22.3 Å². The van der Waals surface area contributed by atoms with Gasteiger partial charge >= 0.3 is 6.36 Å². The highest BCUT2D eigenvalue weighted by Gasteiger charge is 2.32. The van der Waals surface area contributed by atoms with E-state index in [4.69, 9.17) is 4.42 Å². The normalized spacial score (nSPS) is 11.9. The molecule has 73 valence electrons. The Morgan fingerprint density at radius 3 is 2.79 bits per heavy atom. The van der Waals surface area contributed by atoms with Gasteiger partial charge in [-0.15, -0.1) is 13.2 Å². The van der Waals surface area contributed by atoms with Crippen molar-refractivity contribution in [1.82, 2.24) is 0 Å². The molecular formula is C9H4F3O2. The van der Waals surface area contributed by atoms with Gasteiger partial charge in [0.25, 0.3) is 0 Å². The summed E-state index contributed by atoms with van der Waals surface area (Å²) in [6.07, 6.45) is -3.52. The minimum absolute atomic E-state index is 0.0461. The van der Waals surface area contributed by atoms with Crippen LogP contribution in [0.4, 0.5) is 13.2 Å². The van der Waals surface area contributed by atoms with Gasteiger partial charge in [-0.25, -0.2) is 0 Å². The minimum Gasteiger partial charge on any atom is -0.460 e. The Kier molecular flexibility index (Phi) is 1.87. The Bertz CT molecular complexity index is 444. The lowest BCUT2D eigenvalue weighted by Gasteiger charge is -2.08. The van der Waals surface area contributed by atoms with Crippen LogP contribution >= 0.6 is 0 Å². The maximum absolute atomic E-state index is 11.9. The number of alkyl halides is 3. The summed E-state index contributed by atoms with van der Waals surface area (Å²) in [5.41, 5.74) is 0.0461. The summed E-state index contributed by atoms with van der Waals surface area (Å²) in [7, 11) is 0. The van der Waals surface area contributed by atoms with Crippen LogP contribution in [0.15, 0.2) is 28.9 Å². The van der Waals surface area contributed by atoms with Gasteiger partial charge in [-0.1, -0.05) is 12.1 Å². The molecule has 0 aliphatic carbocycles. The second-order valence-corrected chi connectivity index (χ2v) is 2.56.